The predicted octanol–water partition coefficient (Wildman–Crippen LogP) is 2.21. The van der Waals surface area contributed by atoms with Gasteiger partial charge >= 0.3 is 0 Å². The first-order chi connectivity index (χ1) is 5.56. The van der Waals surface area contributed by atoms with Gasteiger partial charge in [0.05, 0.1) is 5.41 Å². The Hall–Kier alpha value is -1.18. The molecule has 0 amide bonds. The van der Waals surface area contributed by atoms with E-state index in [9.17, 15) is 9.18 Å². The van der Waals surface area contributed by atoms with Gasteiger partial charge in [0.15, 0.2) is 0 Å². The van der Waals surface area contributed by atoms with Crippen molar-refractivity contribution in [3.63, 3.8) is 0 Å². The van der Waals surface area contributed by atoms with Crippen LogP contribution in [0, 0.1) is 5.82 Å². The zero-order valence-corrected chi connectivity index (χ0v) is 7.10. The van der Waals surface area contributed by atoms with Gasteiger partial charge in [-0.1, -0.05) is 12.1 Å². The summed E-state index contributed by atoms with van der Waals surface area (Å²) < 4.78 is 12.5. The maximum atomic E-state index is 12.5. The maximum absolute atomic E-state index is 12.5. The molecule has 1 aromatic carbocycles. The van der Waals surface area contributed by atoms with E-state index in [4.69, 9.17) is 0 Å². The third-order valence-corrected chi connectivity index (χ3v) is 1.82. The van der Waals surface area contributed by atoms with Crippen LogP contribution in [0.3, 0.4) is 0 Å². The molecule has 1 aromatic rings. The number of benzene rings is 1. The van der Waals surface area contributed by atoms with E-state index >= 15 is 0 Å². The zero-order chi connectivity index (χ0) is 9.19. The van der Waals surface area contributed by atoms with Crippen molar-refractivity contribution in [2.45, 2.75) is 19.3 Å². The molecule has 1 radical (unpaired) electrons. The summed E-state index contributed by atoms with van der Waals surface area (Å²) in [6, 6.07) is 5.88. The Morgan fingerprint density at radius 1 is 1.25 bits per heavy atom. The molecule has 1 rings (SSSR count). The van der Waals surface area contributed by atoms with Gasteiger partial charge in [-0.25, -0.2) is 4.39 Å². The summed E-state index contributed by atoms with van der Waals surface area (Å²) in [7, 11) is 0. The lowest BCUT2D eigenvalue weighted by Crippen LogP contribution is -2.18. The van der Waals surface area contributed by atoms with E-state index in [0.29, 0.717) is 0 Å². The molecule has 0 heterocycles. The third kappa shape index (κ3) is 1.70. The highest BCUT2D eigenvalue weighted by Gasteiger charge is 2.20. The summed E-state index contributed by atoms with van der Waals surface area (Å²) >= 11 is 0. The van der Waals surface area contributed by atoms with Gasteiger partial charge < -0.3 is 0 Å². The first kappa shape index (κ1) is 8.91. The summed E-state index contributed by atoms with van der Waals surface area (Å²) in [6.45, 7) is 3.49. The fraction of sp³-hybridized carbons (Fsp3) is 0.300. The van der Waals surface area contributed by atoms with Crippen molar-refractivity contribution in [2.24, 2.45) is 0 Å². The minimum atomic E-state index is -0.645. The molecule has 0 saturated heterocycles. The monoisotopic (exact) mass is 165 g/mol. The molecular formula is C10H10FO. The Labute approximate surface area is 71.2 Å². The second-order valence-corrected chi connectivity index (χ2v) is 3.23. The molecule has 0 fully saturated rings. The predicted molar refractivity (Wildman–Crippen MR) is 45.1 cm³/mol. The van der Waals surface area contributed by atoms with Crippen LogP contribution in [0.15, 0.2) is 24.3 Å². The Balaban J connectivity index is 3.04. The van der Waals surface area contributed by atoms with Crippen LogP contribution in [0.1, 0.15) is 19.4 Å². The number of hydrogen-bond acceptors (Lipinski definition) is 1. The van der Waals surface area contributed by atoms with Crippen LogP contribution < -0.4 is 0 Å². The van der Waals surface area contributed by atoms with Gasteiger partial charge in [-0.2, -0.15) is 0 Å². The fourth-order valence-electron chi connectivity index (χ4n) is 0.925. The lowest BCUT2D eigenvalue weighted by molar-refractivity contribution is 0.516. The van der Waals surface area contributed by atoms with Crippen LogP contribution in [0.2, 0.25) is 0 Å². The number of halogens is 1. The zero-order valence-electron chi connectivity index (χ0n) is 7.10. The van der Waals surface area contributed by atoms with Crippen molar-refractivity contribution in [1.29, 1.82) is 0 Å². The largest absolute Gasteiger partial charge is 0.290 e. The van der Waals surface area contributed by atoms with Crippen molar-refractivity contribution >= 4 is 6.29 Å². The Morgan fingerprint density at radius 3 is 2.17 bits per heavy atom. The lowest BCUT2D eigenvalue weighted by atomic mass is 9.86. The van der Waals surface area contributed by atoms with Gasteiger partial charge in [0.25, 0.3) is 0 Å². The van der Waals surface area contributed by atoms with E-state index in [1.165, 1.54) is 12.1 Å². The van der Waals surface area contributed by atoms with E-state index in [2.05, 4.69) is 0 Å². The lowest BCUT2D eigenvalue weighted by Gasteiger charge is -2.15. The molecule has 0 N–H and O–H groups in total. The van der Waals surface area contributed by atoms with Crippen molar-refractivity contribution in [2.75, 3.05) is 0 Å². The Bertz CT molecular complexity index is 274. The quantitative estimate of drug-likeness (QED) is 0.656. The van der Waals surface area contributed by atoms with Crippen LogP contribution in [0.25, 0.3) is 0 Å². The van der Waals surface area contributed by atoms with E-state index in [1.54, 1.807) is 26.0 Å². The molecule has 63 valence electrons. The van der Waals surface area contributed by atoms with Gasteiger partial charge in [0.1, 0.15) is 5.82 Å². The SMILES string of the molecule is CC(C)([C]=O)c1ccc(F)cc1. The summed E-state index contributed by atoms with van der Waals surface area (Å²) in [5, 5.41) is 0. The molecule has 0 aliphatic rings. The minimum Gasteiger partial charge on any atom is -0.290 e. The van der Waals surface area contributed by atoms with Gasteiger partial charge in [0, 0.05) is 0 Å². The summed E-state index contributed by atoms with van der Waals surface area (Å²) in [4.78, 5) is 10.5. The Kier molecular flexibility index (Phi) is 2.27. The van der Waals surface area contributed by atoms with Gasteiger partial charge in [0.2, 0.25) is 6.29 Å². The molecule has 2 heteroatoms. The molecule has 0 aliphatic heterocycles. The topological polar surface area (TPSA) is 17.1 Å². The van der Waals surface area contributed by atoms with Crippen molar-refractivity contribution in [3.8, 4) is 0 Å². The van der Waals surface area contributed by atoms with Crippen LogP contribution >= 0.6 is 0 Å². The second kappa shape index (κ2) is 3.05. The standard InChI is InChI=1S/C10H10FO/c1-10(2,7-12)8-3-5-9(11)6-4-8/h3-6H,1-2H3. The second-order valence-electron chi connectivity index (χ2n) is 3.23. The van der Waals surface area contributed by atoms with Crippen molar-refractivity contribution in [1.82, 2.24) is 0 Å². The van der Waals surface area contributed by atoms with E-state index in [1.807, 2.05) is 6.29 Å². The number of carbonyl (C=O) groups excluding carboxylic acids is 1. The normalized spacial score (nSPS) is 11.2. The maximum Gasteiger partial charge on any atom is 0.209 e. The first-order valence-corrected chi connectivity index (χ1v) is 3.71. The molecule has 0 unspecified atom stereocenters. The number of rotatable bonds is 2. The highest BCUT2D eigenvalue weighted by Crippen LogP contribution is 2.20. The average molecular weight is 165 g/mol. The molecule has 12 heavy (non-hydrogen) atoms. The average Bonchev–Trinajstić information content (AvgIpc) is 2.05. The molecule has 0 atom stereocenters. The van der Waals surface area contributed by atoms with Crippen LogP contribution in [0.4, 0.5) is 4.39 Å². The van der Waals surface area contributed by atoms with E-state index in [0.717, 1.165) is 5.56 Å². The van der Waals surface area contributed by atoms with Gasteiger partial charge in [-0.15, -0.1) is 0 Å². The van der Waals surface area contributed by atoms with Crippen molar-refractivity contribution < 1.29 is 9.18 Å². The molecule has 0 bridgehead atoms. The summed E-state index contributed by atoms with van der Waals surface area (Å²) in [6.07, 6.45) is 1.90. The number of hydrogen-bond donors (Lipinski definition) is 0. The van der Waals surface area contributed by atoms with E-state index < -0.39 is 5.41 Å². The van der Waals surface area contributed by atoms with Crippen LogP contribution in [-0.4, -0.2) is 6.29 Å². The highest BCUT2D eigenvalue weighted by atomic mass is 19.1. The van der Waals surface area contributed by atoms with Gasteiger partial charge in [-0.05, 0) is 31.5 Å². The van der Waals surface area contributed by atoms with E-state index in [-0.39, 0.29) is 5.82 Å². The first-order valence-electron chi connectivity index (χ1n) is 3.71. The smallest absolute Gasteiger partial charge is 0.209 e. The minimum absolute atomic E-state index is 0.291. The van der Waals surface area contributed by atoms with Crippen LogP contribution in [-0.2, 0) is 10.2 Å². The fourth-order valence-corrected chi connectivity index (χ4v) is 0.925. The summed E-state index contributed by atoms with van der Waals surface area (Å²) in [5.74, 6) is -0.291. The molecular weight excluding hydrogens is 155 g/mol. The third-order valence-electron chi connectivity index (χ3n) is 1.82. The van der Waals surface area contributed by atoms with Crippen molar-refractivity contribution in [3.05, 3.63) is 35.6 Å². The Morgan fingerprint density at radius 2 is 1.75 bits per heavy atom. The molecule has 1 nitrogen and oxygen atoms in total. The highest BCUT2D eigenvalue weighted by molar-refractivity contribution is 5.67. The summed E-state index contributed by atoms with van der Waals surface area (Å²) in [5.41, 5.74) is 0.132. The molecule has 0 aliphatic carbocycles. The van der Waals surface area contributed by atoms with Gasteiger partial charge in [-0.3, -0.25) is 4.79 Å². The molecule has 0 spiro atoms. The molecule has 0 aromatic heterocycles. The van der Waals surface area contributed by atoms with Crippen LogP contribution in [0.5, 0.6) is 0 Å². The molecule has 0 saturated carbocycles.